The van der Waals surface area contributed by atoms with Crippen LogP contribution in [-0.4, -0.2) is 25.8 Å². The normalized spacial score (nSPS) is 12.7. The Morgan fingerprint density at radius 2 is 2.46 bits per heavy atom. The molecule has 0 saturated carbocycles. The lowest BCUT2D eigenvalue weighted by Gasteiger charge is -2.08. The number of carboxylic acids is 1. The Bertz CT molecular complexity index is 258. The van der Waals surface area contributed by atoms with Gasteiger partial charge in [-0.05, 0) is 12.8 Å². The van der Waals surface area contributed by atoms with Crippen molar-refractivity contribution in [1.29, 1.82) is 0 Å². The maximum Gasteiger partial charge on any atom is 0.306 e. The van der Waals surface area contributed by atoms with Gasteiger partial charge in [0.25, 0.3) is 0 Å². The molecule has 1 unspecified atom stereocenters. The van der Waals surface area contributed by atoms with E-state index >= 15 is 0 Å². The molecule has 1 heterocycles. The molecule has 0 saturated heterocycles. The fourth-order valence-corrected chi connectivity index (χ4v) is 1.14. The summed E-state index contributed by atoms with van der Waals surface area (Å²) in [6, 6.07) is 0. The topological polar surface area (TPSA) is 68.0 Å². The summed E-state index contributed by atoms with van der Waals surface area (Å²) in [5, 5.41) is 12.7. The molecule has 0 radical (unpaired) electrons. The van der Waals surface area contributed by atoms with E-state index < -0.39 is 5.97 Å². The molecule has 1 N–H and O–H groups in total. The van der Waals surface area contributed by atoms with Crippen molar-refractivity contribution in [1.82, 2.24) is 14.8 Å². The minimum atomic E-state index is -0.734. The van der Waals surface area contributed by atoms with Crippen LogP contribution in [0.25, 0.3) is 0 Å². The summed E-state index contributed by atoms with van der Waals surface area (Å²) in [6.07, 6.45) is 4.30. The predicted octanol–water partition coefficient (Wildman–Crippen LogP) is 0.779. The van der Waals surface area contributed by atoms with Gasteiger partial charge < -0.3 is 5.11 Å². The van der Waals surface area contributed by atoms with Gasteiger partial charge in [-0.2, -0.15) is 5.10 Å². The number of hydrogen-bond acceptors (Lipinski definition) is 3. The largest absolute Gasteiger partial charge is 0.481 e. The number of hydrogen-bond donors (Lipinski definition) is 1. The Morgan fingerprint density at radius 1 is 1.69 bits per heavy atom. The third-order valence-electron chi connectivity index (χ3n) is 2.02. The van der Waals surface area contributed by atoms with Crippen molar-refractivity contribution >= 4 is 5.97 Å². The van der Waals surface area contributed by atoms with E-state index in [0.717, 1.165) is 0 Å². The molecule has 0 aromatic carbocycles. The second kappa shape index (κ2) is 4.59. The third kappa shape index (κ3) is 2.85. The van der Waals surface area contributed by atoms with Gasteiger partial charge in [-0.15, -0.1) is 0 Å². The first-order valence-corrected chi connectivity index (χ1v) is 4.29. The first-order chi connectivity index (χ1) is 6.24. The van der Waals surface area contributed by atoms with E-state index in [0.29, 0.717) is 19.4 Å². The third-order valence-corrected chi connectivity index (χ3v) is 2.02. The van der Waals surface area contributed by atoms with Gasteiger partial charge >= 0.3 is 5.97 Å². The van der Waals surface area contributed by atoms with Gasteiger partial charge in [0.05, 0.1) is 5.92 Å². The number of aromatic nitrogens is 3. The van der Waals surface area contributed by atoms with Gasteiger partial charge in [-0.3, -0.25) is 9.48 Å². The van der Waals surface area contributed by atoms with Gasteiger partial charge in [-0.25, -0.2) is 4.98 Å². The minimum Gasteiger partial charge on any atom is -0.481 e. The summed E-state index contributed by atoms with van der Waals surface area (Å²) < 4.78 is 1.64. The Balaban J connectivity index is 2.36. The van der Waals surface area contributed by atoms with Crippen LogP contribution in [0.15, 0.2) is 12.7 Å². The summed E-state index contributed by atoms with van der Waals surface area (Å²) in [7, 11) is 0. The fraction of sp³-hybridized carbons (Fsp3) is 0.625. The van der Waals surface area contributed by atoms with Crippen molar-refractivity contribution in [3.05, 3.63) is 12.7 Å². The lowest BCUT2D eigenvalue weighted by atomic mass is 10.0. The summed E-state index contributed by atoms with van der Waals surface area (Å²) in [5.41, 5.74) is 0. The monoisotopic (exact) mass is 183 g/mol. The zero-order valence-corrected chi connectivity index (χ0v) is 7.55. The van der Waals surface area contributed by atoms with Crippen LogP contribution in [0.5, 0.6) is 0 Å². The van der Waals surface area contributed by atoms with Gasteiger partial charge in [0.15, 0.2) is 0 Å². The predicted molar refractivity (Wildman–Crippen MR) is 46.1 cm³/mol. The Labute approximate surface area is 76.4 Å². The summed E-state index contributed by atoms with van der Waals surface area (Å²) in [5.74, 6) is -1.01. The molecule has 1 rings (SSSR count). The SMILES string of the molecule is CCC(CCn1cncn1)C(=O)O. The molecule has 0 aliphatic rings. The van der Waals surface area contributed by atoms with Crippen LogP contribution in [0, 0.1) is 5.92 Å². The van der Waals surface area contributed by atoms with Gasteiger partial charge in [0.1, 0.15) is 12.7 Å². The number of rotatable bonds is 5. The van der Waals surface area contributed by atoms with E-state index in [9.17, 15) is 4.79 Å². The lowest BCUT2D eigenvalue weighted by molar-refractivity contribution is -0.142. The molecular weight excluding hydrogens is 170 g/mol. The smallest absolute Gasteiger partial charge is 0.306 e. The van der Waals surface area contributed by atoms with Crippen molar-refractivity contribution < 1.29 is 9.90 Å². The second-order valence-corrected chi connectivity index (χ2v) is 2.89. The molecule has 5 nitrogen and oxygen atoms in total. The van der Waals surface area contributed by atoms with Gasteiger partial charge in [-0.1, -0.05) is 6.92 Å². The molecule has 0 fully saturated rings. The Hall–Kier alpha value is -1.39. The number of nitrogens with zero attached hydrogens (tertiary/aromatic N) is 3. The average Bonchev–Trinajstić information content (AvgIpc) is 2.57. The molecule has 5 heteroatoms. The molecule has 72 valence electrons. The van der Waals surface area contributed by atoms with Crippen molar-refractivity contribution in [3.8, 4) is 0 Å². The maximum atomic E-state index is 10.6. The molecule has 1 aromatic heterocycles. The van der Waals surface area contributed by atoms with E-state index in [1.165, 1.54) is 6.33 Å². The summed E-state index contributed by atoms with van der Waals surface area (Å²) >= 11 is 0. The van der Waals surface area contributed by atoms with E-state index in [2.05, 4.69) is 10.1 Å². The van der Waals surface area contributed by atoms with Crippen LogP contribution < -0.4 is 0 Å². The quantitative estimate of drug-likeness (QED) is 0.732. The molecule has 1 aromatic rings. The number of aryl methyl sites for hydroxylation is 1. The second-order valence-electron chi connectivity index (χ2n) is 2.89. The molecule has 0 bridgehead atoms. The van der Waals surface area contributed by atoms with Crippen LogP contribution in [0.3, 0.4) is 0 Å². The molecule has 1 atom stereocenters. The highest BCUT2D eigenvalue weighted by atomic mass is 16.4. The van der Waals surface area contributed by atoms with Crippen molar-refractivity contribution in [2.75, 3.05) is 0 Å². The summed E-state index contributed by atoms with van der Waals surface area (Å²) in [6.45, 7) is 2.49. The van der Waals surface area contributed by atoms with Crippen LogP contribution in [0.1, 0.15) is 19.8 Å². The fourth-order valence-electron chi connectivity index (χ4n) is 1.14. The standard InChI is InChI=1S/C8H13N3O2/c1-2-7(8(12)13)3-4-11-6-9-5-10-11/h5-7H,2-4H2,1H3,(H,12,13). The first kappa shape index (κ1) is 9.70. The Kier molecular flexibility index (Phi) is 3.42. The van der Waals surface area contributed by atoms with Crippen molar-refractivity contribution in [2.24, 2.45) is 5.92 Å². The highest BCUT2D eigenvalue weighted by Crippen LogP contribution is 2.08. The molecule has 0 spiro atoms. The number of carboxylic acid groups (broad SMARTS) is 1. The van der Waals surface area contributed by atoms with Crippen molar-refractivity contribution in [2.45, 2.75) is 26.3 Å². The van der Waals surface area contributed by atoms with Crippen LogP contribution in [0.2, 0.25) is 0 Å². The molecule has 0 amide bonds. The van der Waals surface area contributed by atoms with Crippen LogP contribution >= 0.6 is 0 Å². The number of carbonyl (C=O) groups is 1. The zero-order chi connectivity index (χ0) is 9.68. The Morgan fingerprint density at radius 3 is 2.92 bits per heavy atom. The van der Waals surface area contributed by atoms with Gasteiger partial charge in [0.2, 0.25) is 0 Å². The molecule has 0 aliphatic carbocycles. The first-order valence-electron chi connectivity index (χ1n) is 4.29. The molecule has 13 heavy (non-hydrogen) atoms. The minimum absolute atomic E-state index is 0.274. The summed E-state index contributed by atoms with van der Waals surface area (Å²) in [4.78, 5) is 14.4. The highest BCUT2D eigenvalue weighted by molar-refractivity contribution is 5.69. The highest BCUT2D eigenvalue weighted by Gasteiger charge is 2.14. The van der Waals surface area contributed by atoms with Crippen LogP contribution in [-0.2, 0) is 11.3 Å². The van der Waals surface area contributed by atoms with E-state index in [-0.39, 0.29) is 5.92 Å². The molecule has 0 aliphatic heterocycles. The maximum absolute atomic E-state index is 10.6. The van der Waals surface area contributed by atoms with Crippen LogP contribution in [0.4, 0.5) is 0 Å². The zero-order valence-electron chi connectivity index (χ0n) is 7.55. The average molecular weight is 183 g/mol. The lowest BCUT2D eigenvalue weighted by Crippen LogP contribution is -2.15. The van der Waals surface area contributed by atoms with E-state index in [4.69, 9.17) is 5.11 Å². The van der Waals surface area contributed by atoms with E-state index in [1.807, 2.05) is 6.92 Å². The number of aliphatic carboxylic acids is 1. The molecular formula is C8H13N3O2. The van der Waals surface area contributed by atoms with E-state index in [1.54, 1.807) is 11.0 Å². The van der Waals surface area contributed by atoms with Gasteiger partial charge in [0, 0.05) is 6.54 Å². The van der Waals surface area contributed by atoms with Crippen molar-refractivity contribution in [3.63, 3.8) is 0 Å².